The largest absolute Gasteiger partial charge is 0.472 e. The monoisotopic (exact) mass is 998 g/mol. The van der Waals surface area contributed by atoms with Gasteiger partial charge in [-0.1, -0.05) is 30.3 Å². The fraction of sp³-hybridized carbons (Fsp3) is 0.526. The third-order valence-corrected chi connectivity index (χ3v) is 11.5. The summed E-state index contributed by atoms with van der Waals surface area (Å²) in [4.78, 5) is 97.4. The van der Waals surface area contributed by atoms with Gasteiger partial charge in [0.05, 0.1) is 19.5 Å². The van der Waals surface area contributed by atoms with Crippen LogP contribution in [-0.2, 0) is 57.8 Å². The number of esters is 1. The average molecular weight is 999 g/mol. The lowest BCUT2D eigenvalue weighted by Crippen LogP contribution is -2.47. The maximum absolute atomic E-state index is 14.0. The molecular weight excluding hydrogens is 946 g/mol. The maximum atomic E-state index is 14.0. The summed E-state index contributed by atoms with van der Waals surface area (Å²) >= 11 is 0. The molecule has 9 atom stereocenters. The fourth-order valence-corrected chi connectivity index (χ4v) is 8.26. The van der Waals surface area contributed by atoms with Crippen LogP contribution in [0.3, 0.4) is 0 Å². The molecule has 10 N–H and O–H groups in total. The SMILES string of the molecule is CC(C)(C)OC(=O)NC(CCCCNC(=O)OCc1ccccc1)C(=O)O[C@H]1[C@@H](O)[C@H](n2cnc3c(N)ncnc32)O[C@H]1COP(=O)(O)O[C@H]1C[C@H](n2ccc(N)nc2=O)O[C@@H]1COP(=O)(O)O. The Morgan fingerprint density at radius 2 is 1.69 bits per heavy atom. The number of ether oxygens (including phenoxy) is 5. The number of rotatable bonds is 20. The number of alkyl carbamates (subject to hydrolysis) is 2. The zero-order chi connectivity index (χ0) is 49.4. The number of unbranched alkanes of at least 4 members (excludes halogenated alkanes) is 1. The third kappa shape index (κ3) is 14.4. The summed E-state index contributed by atoms with van der Waals surface area (Å²) in [6.07, 6.45) is -8.74. The number of amides is 2. The number of fused-ring (bicyclic) bond motifs is 1. The first-order chi connectivity index (χ1) is 32.1. The van der Waals surface area contributed by atoms with E-state index >= 15 is 0 Å². The van der Waals surface area contributed by atoms with Crippen LogP contribution in [0.15, 0.2) is 60.0 Å². The molecule has 372 valence electrons. The number of phosphoric ester groups is 2. The van der Waals surface area contributed by atoms with E-state index in [1.54, 1.807) is 45.0 Å². The lowest BCUT2D eigenvalue weighted by molar-refractivity contribution is -0.159. The van der Waals surface area contributed by atoms with Gasteiger partial charge in [-0.3, -0.25) is 22.7 Å². The molecule has 1 aromatic carbocycles. The molecule has 0 bridgehead atoms. The predicted octanol–water partition coefficient (Wildman–Crippen LogP) is 1.31. The normalized spacial score (nSPS) is 23.1. The average Bonchev–Trinajstić information content (AvgIpc) is 3.95. The highest BCUT2D eigenvalue weighted by atomic mass is 31.2. The van der Waals surface area contributed by atoms with Gasteiger partial charge in [0.25, 0.3) is 0 Å². The number of aliphatic hydroxyl groups is 1. The van der Waals surface area contributed by atoms with Crippen molar-refractivity contribution in [2.45, 2.75) is 108 Å². The van der Waals surface area contributed by atoms with Gasteiger partial charge in [-0.2, -0.15) is 4.98 Å². The number of hydrogen-bond donors (Lipinski definition) is 8. The lowest BCUT2D eigenvalue weighted by atomic mass is 10.1. The van der Waals surface area contributed by atoms with Crippen molar-refractivity contribution in [1.29, 1.82) is 0 Å². The Morgan fingerprint density at radius 3 is 2.40 bits per heavy atom. The van der Waals surface area contributed by atoms with E-state index in [2.05, 4.69) is 35.1 Å². The summed E-state index contributed by atoms with van der Waals surface area (Å²) in [6.45, 7) is 3.20. The van der Waals surface area contributed by atoms with E-state index < -0.39 is 107 Å². The zero-order valence-electron chi connectivity index (χ0n) is 36.7. The van der Waals surface area contributed by atoms with Crippen molar-refractivity contribution >= 4 is 56.6 Å². The van der Waals surface area contributed by atoms with Crippen LogP contribution in [0.25, 0.3) is 11.2 Å². The molecule has 0 saturated carbocycles. The molecule has 2 aliphatic heterocycles. The van der Waals surface area contributed by atoms with Gasteiger partial charge in [0.1, 0.15) is 66.6 Å². The topological polar surface area (TPSA) is 395 Å². The zero-order valence-corrected chi connectivity index (χ0v) is 38.5. The number of hydrogen-bond acceptors (Lipinski definition) is 21. The Morgan fingerprint density at radius 1 is 0.956 bits per heavy atom. The maximum Gasteiger partial charge on any atom is 0.472 e. The van der Waals surface area contributed by atoms with E-state index in [4.69, 9.17) is 44.2 Å². The quantitative estimate of drug-likeness (QED) is 0.0268. The van der Waals surface area contributed by atoms with E-state index in [0.29, 0.717) is 6.42 Å². The second-order valence-electron chi connectivity index (χ2n) is 16.3. The number of aromatic nitrogens is 6. The standard InChI is InChI=1S/C38H52N10O18P2/c1-38(2,3)65-37(53)45-22(11-7-8-13-41-36(52)59-16-21-9-5-4-6-10-21)34(50)64-30-25(63-33(29(30)49)48-20-44-28-31(40)42-19-43-32(28)48)18-61-68(57,58)66-23-15-27(47-14-12-26(39)46-35(47)51)62-24(23)17-60-67(54,55)56/h4-6,9-10,12,14,19-20,22-25,27,29-30,33,49H,7-8,11,13,15-18H2,1-3H3,(H,41,52)(H,45,53)(H,57,58)(H2,39,46,51)(H2,40,42,43)(H2,54,55,56)/t22?,23-,24+,25-,27+,29+,30+,33+/m0/s1. The minimum Gasteiger partial charge on any atom is -0.455 e. The highest BCUT2D eigenvalue weighted by molar-refractivity contribution is 7.47. The molecule has 2 unspecified atom stereocenters. The van der Waals surface area contributed by atoms with Crippen molar-refractivity contribution in [3.8, 4) is 0 Å². The third-order valence-electron chi connectivity index (χ3n) is 10.0. The molecule has 2 aliphatic rings. The van der Waals surface area contributed by atoms with Crippen LogP contribution in [0, 0.1) is 0 Å². The number of anilines is 2. The molecule has 4 aromatic rings. The molecule has 28 nitrogen and oxygen atoms in total. The molecule has 2 amide bonds. The molecular formula is C38H52N10O18P2. The van der Waals surface area contributed by atoms with Gasteiger partial charge in [0, 0.05) is 19.2 Å². The van der Waals surface area contributed by atoms with Crippen LogP contribution < -0.4 is 27.8 Å². The molecule has 6 rings (SSSR count). The summed E-state index contributed by atoms with van der Waals surface area (Å²) < 4.78 is 70.9. The van der Waals surface area contributed by atoms with Gasteiger partial charge >= 0.3 is 39.5 Å². The molecule has 30 heteroatoms. The molecule has 5 heterocycles. The number of imidazole rings is 1. The molecule has 68 heavy (non-hydrogen) atoms. The highest BCUT2D eigenvalue weighted by Crippen LogP contribution is 2.50. The lowest BCUT2D eigenvalue weighted by Gasteiger charge is -2.26. The smallest absolute Gasteiger partial charge is 0.455 e. The summed E-state index contributed by atoms with van der Waals surface area (Å²) in [6, 6.07) is 8.88. The number of aliphatic hydroxyl groups excluding tert-OH is 1. The van der Waals surface area contributed by atoms with Gasteiger partial charge < -0.3 is 65.6 Å². The second-order valence-corrected chi connectivity index (χ2v) is 19.0. The Labute approximate surface area is 386 Å². The summed E-state index contributed by atoms with van der Waals surface area (Å²) in [5.41, 5.74) is 10.7. The van der Waals surface area contributed by atoms with Crippen LogP contribution in [0.5, 0.6) is 0 Å². The minimum absolute atomic E-state index is 0.0158. The molecule has 2 fully saturated rings. The number of nitrogens with one attached hydrogen (secondary N) is 2. The number of nitrogens with two attached hydrogens (primary N) is 2. The van der Waals surface area contributed by atoms with Crippen LogP contribution in [-0.4, -0.2) is 129 Å². The summed E-state index contributed by atoms with van der Waals surface area (Å²) in [5.74, 6) is -1.23. The first kappa shape index (κ1) is 51.7. The van der Waals surface area contributed by atoms with Crippen molar-refractivity contribution < 1.29 is 80.6 Å². The first-order valence-electron chi connectivity index (χ1n) is 20.8. The van der Waals surface area contributed by atoms with Crippen LogP contribution >= 0.6 is 15.6 Å². The van der Waals surface area contributed by atoms with E-state index in [0.717, 1.165) is 16.5 Å². The van der Waals surface area contributed by atoms with Crippen LogP contribution in [0.2, 0.25) is 0 Å². The van der Waals surface area contributed by atoms with Gasteiger partial charge in [-0.05, 0) is 51.7 Å². The number of benzene rings is 1. The fourth-order valence-electron chi connectivity index (χ4n) is 6.96. The van der Waals surface area contributed by atoms with Gasteiger partial charge in [0.2, 0.25) is 0 Å². The van der Waals surface area contributed by atoms with Crippen LogP contribution in [0.1, 0.15) is 64.5 Å². The minimum atomic E-state index is -5.27. The van der Waals surface area contributed by atoms with Crippen LogP contribution in [0.4, 0.5) is 21.2 Å². The molecule has 2 saturated heterocycles. The Bertz CT molecular complexity index is 2540. The van der Waals surface area contributed by atoms with Crippen molar-refractivity contribution in [3.63, 3.8) is 0 Å². The van der Waals surface area contributed by atoms with Crippen molar-refractivity contribution in [2.24, 2.45) is 0 Å². The van der Waals surface area contributed by atoms with Gasteiger partial charge in [0.15, 0.2) is 23.8 Å². The van der Waals surface area contributed by atoms with Crippen molar-refractivity contribution in [2.75, 3.05) is 31.2 Å². The summed E-state index contributed by atoms with van der Waals surface area (Å²) in [5, 5.41) is 16.8. The molecule has 0 aliphatic carbocycles. The van der Waals surface area contributed by atoms with E-state index in [-0.39, 0.29) is 55.2 Å². The van der Waals surface area contributed by atoms with Gasteiger partial charge in [-0.25, -0.2) is 43.3 Å². The Hall–Kier alpha value is -5.64. The van der Waals surface area contributed by atoms with Gasteiger partial charge in [-0.15, -0.1) is 0 Å². The highest BCUT2D eigenvalue weighted by Gasteiger charge is 2.50. The number of phosphoric acid groups is 2. The first-order valence-corrected chi connectivity index (χ1v) is 23.9. The van der Waals surface area contributed by atoms with E-state index in [1.807, 2.05) is 6.07 Å². The number of carbonyl (C=O) groups is 3. The second kappa shape index (κ2) is 22.2. The summed E-state index contributed by atoms with van der Waals surface area (Å²) in [7, 11) is -10.4. The Kier molecular flexibility index (Phi) is 16.9. The van der Waals surface area contributed by atoms with E-state index in [9.17, 15) is 48.1 Å². The number of nitrogens with zero attached hydrogens (tertiary/aromatic N) is 6. The van der Waals surface area contributed by atoms with E-state index in [1.165, 1.54) is 23.2 Å². The van der Waals surface area contributed by atoms with Crippen molar-refractivity contribution in [1.82, 2.24) is 39.7 Å². The molecule has 3 aromatic heterocycles. The number of nitrogen functional groups attached to an aromatic ring is 2. The van der Waals surface area contributed by atoms with Crippen molar-refractivity contribution in [3.05, 3.63) is 71.3 Å². The molecule has 0 radical (unpaired) electrons. The number of carbonyl (C=O) groups excluding carboxylic acids is 3. The molecule has 0 spiro atoms. The predicted molar refractivity (Wildman–Crippen MR) is 231 cm³/mol. The Balaban J connectivity index is 1.17.